The zero-order chi connectivity index (χ0) is 21.2. The molecular weight excluding hydrogens is 452 g/mol. The van der Waals surface area contributed by atoms with E-state index in [1.807, 2.05) is 41.3 Å². The highest BCUT2D eigenvalue weighted by Crippen LogP contribution is 2.33. The molecule has 1 amide bonds. The molecule has 1 saturated heterocycles. The molecule has 4 aromatic rings. The lowest BCUT2D eigenvalue weighted by Crippen LogP contribution is -2.40. The second-order valence-corrected chi connectivity index (χ2v) is 9.74. The molecule has 158 valence electrons. The Morgan fingerprint density at radius 3 is 2.90 bits per heavy atom. The lowest BCUT2D eigenvalue weighted by atomic mass is 9.99. The summed E-state index contributed by atoms with van der Waals surface area (Å²) >= 11 is 9.18. The molecule has 1 aliphatic rings. The van der Waals surface area contributed by atoms with Gasteiger partial charge in [0.2, 0.25) is 11.8 Å². The van der Waals surface area contributed by atoms with Gasteiger partial charge in [-0.25, -0.2) is 4.98 Å². The van der Waals surface area contributed by atoms with E-state index in [1.54, 1.807) is 17.4 Å². The summed E-state index contributed by atoms with van der Waals surface area (Å²) in [6.07, 6.45) is 2.04. The van der Waals surface area contributed by atoms with E-state index in [2.05, 4.69) is 16.3 Å². The standard InChI is InChI=1S/C22H19ClN4O2S2/c23-16-8-2-1-7-15(16)20-25-26-22(29-20)30-13-19(28)27-11-5-6-14(12-27)21-24-17-9-3-4-10-18(17)31-21/h1-4,7-10,14H,5-6,11-13H2. The number of benzene rings is 2. The highest BCUT2D eigenvalue weighted by atomic mass is 35.5. The van der Waals surface area contributed by atoms with E-state index in [0.717, 1.165) is 29.9 Å². The van der Waals surface area contributed by atoms with Crippen LogP contribution in [0.15, 0.2) is 58.2 Å². The summed E-state index contributed by atoms with van der Waals surface area (Å²) in [6, 6.07) is 15.5. The van der Waals surface area contributed by atoms with Gasteiger partial charge in [0.25, 0.3) is 5.22 Å². The molecule has 0 aliphatic carbocycles. The predicted molar refractivity (Wildman–Crippen MR) is 124 cm³/mol. The summed E-state index contributed by atoms with van der Waals surface area (Å²) in [5.41, 5.74) is 1.72. The summed E-state index contributed by atoms with van der Waals surface area (Å²) in [5.74, 6) is 0.981. The average molecular weight is 471 g/mol. The second-order valence-electron chi connectivity index (χ2n) is 7.34. The zero-order valence-corrected chi connectivity index (χ0v) is 18.9. The molecule has 1 unspecified atom stereocenters. The number of halogens is 1. The molecule has 31 heavy (non-hydrogen) atoms. The topological polar surface area (TPSA) is 72.1 Å². The van der Waals surface area contributed by atoms with Crippen molar-refractivity contribution in [2.45, 2.75) is 24.0 Å². The summed E-state index contributed by atoms with van der Waals surface area (Å²) in [6.45, 7) is 1.48. The third-order valence-corrected chi connectivity index (χ3v) is 7.60. The first-order valence-electron chi connectivity index (χ1n) is 10.0. The highest BCUT2D eigenvalue weighted by Gasteiger charge is 2.27. The summed E-state index contributed by atoms with van der Waals surface area (Å²) in [7, 11) is 0. The number of thiazole rings is 1. The van der Waals surface area contributed by atoms with Crippen molar-refractivity contribution in [3.63, 3.8) is 0 Å². The van der Waals surface area contributed by atoms with Crippen LogP contribution < -0.4 is 0 Å². The Morgan fingerprint density at radius 1 is 1.19 bits per heavy atom. The number of fused-ring (bicyclic) bond motifs is 1. The van der Waals surface area contributed by atoms with E-state index in [0.29, 0.717) is 28.2 Å². The SMILES string of the molecule is O=C(CSc1nnc(-c2ccccc2Cl)o1)N1CCCC(c2nc3ccccc3s2)C1. The Kier molecular flexibility index (Phi) is 5.93. The summed E-state index contributed by atoms with van der Waals surface area (Å²) in [4.78, 5) is 19.6. The molecule has 0 spiro atoms. The molecule has 1 aliphatic heterocycles. The minimum Gasteiger partial charge on any atom is -0.411 e. The molecule has 0 N–H and O–H groups in total. The van der Waals surface area contributed by atoms with Crippen LogP contribution in [0.2, 0.25) is 5.02 Å². The average Bonchev–Trinajstić information content (AvgIpc) is 3.45. The molecule has 9 heteroatoms. The summed E-state index contributed by atoms with van der Waals surface area (Å²) < 4.78 is 6.89. The number of thioether (sulfide) groups is 1. The van der Waals surface area contributed by atoms with Crippen molar-refractivity contribution in [1.82, 2.24) is 20.1 Å². The van der Waals surface area contributed by atoms with Gasteiger partial charge in [0, 0.05) is 19.0 Å². The van der Waals surface area contributed by atoms with Gasteiger partial charge in [-0.2, -0.15) is 0 Å². The van der Waals surface area contributed by atoms with Crippen LogP contribution in [0, 0.1) is 0 Å². The molecular formula is C22H19ClN4O2S2. The van der Waals surface area contributed by atoms with Crippen molar-refractivity contribution >= 4 is 50.8 Å². The van der Waals surface area contributed by atoms with Crippen molar-refractivity contribution < 1.29 is 9.21 Å². The molecule has 3 heterocycles. The fraction of sp³-hybridized carbons (Fsp3) is 0.273. The molecule has 0 radical (unpaired) electrons. The van der Waals surface area contributed by atoms with Gasteiger partial charge < -0.3 is 9.32 Å². The maximum Gasteiger partial charge on any atom is 0.277 e. The van der Waals surface area contributed by atoms with E-state index in [4.69, 9.17) is 21.0 Å². The molecule has 5 rings (SSSR count). The number of para-hydroxylation sites is 1. The second kappa shape index (κ2) is 8.98. The molecule has 1 fully saturated rings. The number of amides is 1. The normalized spacial score (nSPS) is 16.7. The van der Waals surface area contributed by atoms with Crippen LogP contribution in [0.25, 0.3) is 21.7 Å². The first-order valence-corrected chi connectivity index (χ1v) is 12.2. The number of likely N-dealkylation sites (tertiary alicyclic amines) is 1. The van der Waals surface area contributed by atoms with Gasteiger partial charge in [0.1, 0.15) is 0 Å². The number of nitrogens with zero attached hydrogens (tertiary/aromatic N) is 4. The third kappa shape index (κ3) is 4.46. The van der Waals surface area contributed by atoms with Crippen LogP contribution >= 0.6 is 34.7 Å². The van der Waals surface area contributed by atoms with Gasteiger partial charge in [-0.3, -0.25) is 4.79 Å². The third-order valence-electron chi connectivity index (χ3n) is 5.26. The molecule has 2 aromatic carbocycles. The fourth-order valence-electron chi connectivity index (χ4n) is 3.70. The lowest BCUT2D eigenvalue weighted by Gasteiger charge is -2.31. The van der Waals surface area contributed by atoms with Crippen LogP contribution in [-0.2, 0) is 4.79 Å². The van der Waals surface area contributed by atoms with Crippen molar-refractivity contribution in [1.29, 1.82) is 0 Å². The van der Waals surface area contributed by atoms with E-state index in [9.17, 15) is 4.79 Å². The van der Waals surface area contributed by atoms with Gasteiger partial charge in [-0.15, -0.1) is 21.5 Å². The molecule has 1 atom stereocenters. The number of carbonyl (C=O) groups excluding carboxylic acids is 1. The number of piperidine rings is 1. The van der Waals surface area contributed by atoms with Crippen LogP contribution in [0.3, 0.4) is 0 Å². The minimum absolute atomic E-state index is 0.0771. The Morgan fingerprint density at radius 2 is 2.03 bits per heavy atom. The monoisotopic (exact) mass is 470 g/mol. The number of carbonyl (C=O) groups is 1. The molecule has 6 nitrogen and oxygen atoms in total. The van der Waals surface area contributed by atoms with Gasteiger partial charge in [-0.05, 0) is 37.1 Å². The van der Waals surface area contributed by atoms with Gasteiger partial charge in [0.15, 0.2) is 0 Å². The van der Waals surface area contributed by atoms with Crippen molar-refractivity contribution in [2.75, 3.05) is 18.8 Å². The molecule has 2 aromatic heterocycles. The Balaban J connectivity index is 1.21. The van der Waals surface area contributed by atoms with Crippen LogP contribution in [0.5, 0.6) is 0 Å². The first kappa shape index (κ1) is 20.5. The number of aromatic nitrogens is 3. The molecule has 0 saturated carbocycles. The number of hydrogen-bond donors (Lipinski definition) is 0. The van der Waals surface area contributed by atoms with E-state index in [-0.39, 0.29) is 17.6 Å². The zero-order valence-electron chi connectivity index (χ0n) is 16.5. The smallest absolute Gasteiger partial charge is 0.277 e. The highest BCUT2D eigenvalue weighted by molar-refractivity contribution is 7.99. The predicted octanol–water partition coefficient (Wildman–Crippen LogP) is 5.50. The van der Waals surface area contributed by atoms with Crippen molar-refractivity contribution in [3.8, 4) is 11.5 Å². The first-order chi connectivity index (χ1) is 15.2. The maximum atomic E-state index is 12.8. The Hall–Kier alpha value is -2.42. The largest absolute Gasteiger partial charge is 0.411 e. The summed E-state index contributed by atoms with van der Waals surface area (Å²) in [5, 5.41) is 10.1. The number of rotatable bonds is 5. The van der Waals surface area contributed by atoms with Gasteiger partial charge >= 0.3 is 0 Å². The van der Waals surface area contributed by atoms with Crippen molar-refractivity contribution in [2.24, 2.45) is 0 Å². The van der Waals surface area contributed by atoms with Crippen LogP contribution in [0.1, 0.15) is 23.8 Å². The lowest BCUT2D eigenvalue weighted by molar-refractivity contribution is -0.129. The molecule has 0 bridgehead atoms. The van der Waals surface area contributed by atoms with E-state index >= 15 is 0 Å². The van der Waals surface area contributed by atoms with Crippen LogP contribution in [-0.4, -0.2) is 44.8 Å². The minimum atomic E-state index is 0.0771. The quantitative estimate of drug-likeness (QED) is 0.359. The van der Waals surface area contributed by atoms with Gasteiger partial charge in [0.05, 0.1) is 31.6 Å². The van der Waals surface area contributed by atoms with Crippen LogP contribution in [0.4, 0.5) is 0 Å². The van der Waals surface area contributed by atoms with E-state index < -0.39 is 0 Å². The Labute approximate surface area is 192 Å². The number of hydrogen-bond acceptors (Lipinski definition) is 7. The Bertz CT molecular complexity index is 1190. The van der Waals surface area contributed by atoms with Gasteiger partial charge in [-0.1, -0.05) is 47.6 Å². The maximum absolute atomic E-state index is 12.8. The van der Waals surface area contributed by atoms with E-state index in [1.165, 1.54) is 16.5 Å². The van der Waals surface area contributed by atoms with Crippen molar-refractivity contribution in [3.05, 3.63) is 58.6 Å². The fourth-order valence-corrected chi connectivity index (χ4v) is 5.67.